The largest absolute Gasteiger partial charge is 0.496 e. The van der Waals surface area contributed by atoms with Gasteiger partial charge in [0.05, 0.1) is 25.2 Å². The van der Waals surface area contributed by atoms with Crippen LogP contribution in [0.1, 0.15) is 34.5 Å². The van der Waals surface area contributed by atoms with Crippen molar-refractivity contribution in [1.82, 2.24) is 10.2 Å². The van der Waals surface area contributed by atoms with Crippen molar-refractivity contribution >= 4 is 15.9 Å². The number of ether oxygens (including phenoxy) is 1. The van der Waals surface area contributed by atoms with Gasteiger partial charge in [0.25, 0.3) is 15.9 Å². The Labute approximate surface area is 153 Å². The third-order valence-electron chi connectivity index (χ3n) is 3.82. The maximum Gasteiger partial charge on any atom is 0.262 e. The SMILES string of the molecule is CONS(=O)(=O)c1ccc(C(=O)NC(C)c2cc(C)ccc2OC)cc1. The third kappa shape index (κ3) is 4.60. The van der Waals surface area contributed by atoms with Gasteiger partial charge < -0.3 is 10.1 Å². The quantitative estimate of drug-likeness (QED) is 0.721. The van der Waals surface area contributed by atoms with Crippen LogP contribution in [-0.2, 0) is 14.9 Å². The first kappa shape index (κ1) is 19.9. The molecule has 0 aliphatic rings. The normalized spacial score (nSPS) is 12.5. The Kier molecular flexibility index (Phi) is 6.36. The van der Waals surface area contributed by atoms with Gasteiger partial charge in [-0.2, -0.15) is 0 Å². The number of hydrogen-bond donors (Lipinski definition) is 2. The number of methoxy groups -OCH3 is 1. The van der Waals surface area contributed by atoms with E-state index in [0.717, 1.165) is 11.1 Å². The smallest absolute Gasteiger partial charge is 0.262 e. The van der Waals surface area contributed by atoms with Crippen LogP contribution in [0, 0.1) is 6.92 Å². The number of sulfonamides is 1. The molecular formula is C18H22N2O5S. The summed E-state index contributed by atoms with van der Waals surface area (Å²) < 4.78 is 29.0. The number of nitrogens with one attached hydrogen (secondary N) is 2. The van der Waals surface area contributed by atoms with E-state index in [1.165, 1.54) is 31.4 Å². The van der Waals surface area contributed by atoms with Gasteiger partial charge >= 0.3 is 0 Å². The van der Waals surface area contributed by atoms with E-state index >= 15 is 0 Å². The average Bonchev–Trinajstić information content (AvgIpc) is 2.61. The van der Waals surface area contributed by atoms with Gasteiger partial charge in [0, 0.05) is 11.1 Å². The van der Waals surface area contributed by atoms with Crippen molar-refractivity contribution in [3.8, 4) is 5.75 Å². The summed E-state index contributed by atoms with van der Waals surface area (Å²) in [5.74, 6) is 0.375. The summed E-state index contributed by atoms with van der Waals surface area (Å²) in [6.45, 7) is 3.82. The molecule has 2 rings (SSSR count). The highest BCUT2D eigenvalue weighted by Crippen LogP contribution is 2.26. The molecule has 0 saturated carbocycles. The fourth-order valence-corrected chi connectivity index (χ4v) is 3.30. The highest BCUT2D eigenvalue weighted by Gasteiger charge is 2.17. The van der Waals surface area contributed by atoms with E-state index in [1.807, 2.05) is 36.9 Å². The van der Waals surface area contributed by atoms with Gasteiger partial charge in [-0.25, -0.2) is 8.42 Å². The van der Waals surface area contributed by atoms with Crippen molar-refractivity contribution in [2.75, 3.05) is 14.2 Å². The molecule has 0 bridgehead atoms. The first-order valence-corrected chi connectivity index (χ1v) is 9.37. The van der Waals surface area contributed by atoms with Crippen LogP contribution in [0.2, 0.25) is 0 Å². The van der Waals surface area contributed by atoms with E-state index in [1.54, 1.807) is 7.11 Å². The van der Waals surface area contributed by atoms with Crippen LogP contribution in [0.25, 0.3) is 0 Å². The van der Waals surface area contributed by atoms with Gasteiger partial charge in [0.1, 0.15) is 5.75 Å². The van der Waals surface area contributed by atoms with Crippen LogP contribution >= 0.6 is 0 Å². The van der Waals surface area contributed by atoms with Crippen LogP contribution in [0.4, 0.5) is 0 Å². The van der Waals surface area contributed by atoms with Crippen molar-refractivity contribution in [2.24, 2.45) is 0 Å². The lowest BCUT2D eigenvalue weighted by Gasteiger charge is -2.18. The molecule has 1 unspecified atom stereocenters. The van der Waals surface area contributed by atoms with Crippen LogP contribution in [0.3, 0.4) is 0 Å². The van der Waals surface area contributed by atoms with Crippen molar-refractivity contribution in [3.63, 3.8) is 0 Å². The minimum Gasteiger partial charge on any atom is -0.496 e. The van der Waals surface area contributed by atoms with Gasteiger partial charge in [-0.15, -0.1) is 0 Å². The number of carbonyl (C=O) groups excluding carboxylic acids is 1. The van der Waals surface area contributed by atoms with Crippen LogP contribution < -0.4 is 14.9 Å². The second-order valence-electron chi connectivity index (χ2n) is 5.76. The molecule has 2 aromatic rings. The van der Waals surface area contributed by atoms with Crippen molar-refractivity contribution in [1.29, 1.82) is 0 Å². The van der Waals surface area contributed by atoms with E-state index in [2.05, 4.69) is 10.2 Å². The van der Waals surface area contributed by atoms with Crippen LogP contribution in [0.15, 0.2) is 47.4 Å². The van der Waals surface area contributed by atoms with Gasteiger partial charge in [0.15, 0.2) is 0 Å². The molecule has 7 nitrogen and oxygen atoms in total. The second kappa shape index (κ2) is 8.31. The number of amides is 1. The number of carbonyl (C=O) groups is 1. The molecule has 2 N–H and O–H groups in total. The molecule has 0 saturated heterocycles. The molecule has 1 atom stereocenters. The fourth-order valence-electron chi connectivity index (χ4n) is 2.49. The lowest BCUT2D eigenvalue weighted by Crippen LogP contribution is -2.27. The molecule has 26 heavy (non-hydrogen) atoms. The molecule has 8 heteroatoms. The van der Waals surface area contributed by atoms with Crippen LogP contribution in [0.5, 0.6) is 5.75 Å². The zero-order valence-corrected chi connectivity index (χ0v) is 15.9. The number of rotatable bonds is 7. The molecule has 140 valence electrons. The summed E-state index contributed by atoms with van der Waals surface area (Å²) in [4.78, 5) is 18.8. The summed E-state index contributed by atoms with van der Waals surface area (Å²) in [5.41, 5.74) is 2.27. The number of aryl methyl sites for hydroxylation is 1. The van der Waals surface area contributed by atoms with Crippen molar-refractivity contribution < 1.29 is 22.8 Å². The Morgan fingerprint density at radius 3 is 2.31 bits per heavy atom. The van der Waals surface area contributed by atoms with E-state index in [-0.39, 0.29) is 16.8 Å². The first-order valence-electron chi connectivity index (χ1n) is 7.88. The summed E-state index contributed by atoms with van der Waals surface area (Å²) in [5, 5.41) is 2.89. The molecular weight excluding hydrogens is 356 g/mol. The predicted octanol–water partition coefficient (Wildman–Crippen LogP) is 2.33. The predicted molar refractivity (Wildman–Crippen MR) is 97.4 cm³/mol. The Morgan fingerprint density at radius 1 is 1.08 bits per heavy atom. The molecule has 1 amide bonds. The summed E-state index contributed by atoms with van der Waals surface area (Å²) in [6, 6.07) is 11.0. The summed E-state index contributed by atoms with van der Waals surface area (Å²) in [6.07, 6.45) is 0. The number of benzene rings is 2. The molecule has 0 spiro atoms. The van der Waals surface area contributed by atoms with Crippen LogP contribution in [-0.4, -0.2) is 28.5 Å². The van der Waals surface area contributed by atoms with E-state index in [9.17, 15) is 13.2 Å². The van der Waals surface area contributed by atoms with Gasteiger partial charge in [0.2, 0.25) is 0 Å². The molecule has 0 aromatic heterocycles. The lowest BCUT2D eigenvalue weighted by molar-refractivity contribution is 0.0939. The lowest BCUT2D eigenvalue weighted by atomic mass is 10.0. The molecule has 2 aromatic carbocycles. The highest BCUT2D eigenvalue weighted by atomic mass is 32.2. The Morgan fingerprint density at radius 2 is 1.73 bits per heavy atom. The molecule has 0 heterocycles. The van der Waals surface area contributed by atoms with Gasteiger partial charge in [-0.1, -0.05) is 22.6 Å². The summed E-state index contributed by atoms with van der Waals surface area (Å²) in [7, 11) is -0.965. The monoisotopic (exact) mass is 378 g/mol. The average molecular weight is 378 g/mol. The summed E-state index contributed by atoms with van der Waals surface area (Å²) >= 11 is 0. The van der Waals surface area contributed by atoms with Gasteiger partial charge in [-0.05, 0) is 44.2 Å². The Hall–Kier alpha value is -2.42. The van der Waals surface area contributed by atoms with E-state index in [4.69, 9.17) is 4.74 Å². The second-order valence-corrected chi connectivity index (χ2v) is 7.40. The zero-order chi connectivity index (χ0) is 19.3. The maximum absolute atomic E-state index is 12.5. The standard InChI is InChI=1S/C18H22N2O5S/c1-12-5-10-17(24-3)16(11-12)13(2)19-18(21)14-6-8-15(9-7-14)26(22,23)20-25-4/h5-11,13,20H,1-4H3,(H,19,21). The zero-order valence-electron chi connectivity index (χ0n) is 15.1. The molecule has 0 fully saturated rings. The topological polar surface area (TPSA) is 93.7 Å². The van der Waals surface area contributed by atoms with E-state index in [0.29, 0.717) is 11.3 Å². The molecule has 0 radical (unpaired) electrons. The first-order chi connectivity index (χ1) is 12.3. The van der Waals surface area contributed by atoms with Crippen molar-refractivity contribution in [2.45, 2.75) is 24.8 Å². The fraction of sp³-hybridized carbons (Fsp3) is 0.278. The van der Waals surface area contributed by atoms with Gasteiger partial charge in [-0.3, -0.25) is 9.63 Å². The molecule has 0 aliphatic carbocycles. The highest BCUT2D eigenvalue weighted by molar-refractivity contribution is 7.89. The number of hydrogen-bond acceptors (Lipinski definition) is 5. The van der Waals surface area contributed by atoms with Crippen molar-refractivity contribution in [3.05, 3.63) is 59.2 Å². The minimum absolute atomic E-state index is 0.00398. The Balaban J connectivity index is 2.16. The minimum atomic E-state index is -3.75. The maximum atomic E-state index is 12.5. The molecule has 0 aliphatic heterocycles. The Bertz CT molecular complexity index is 879. The van der Waals surface area contributed by atoms with E-state index < -0.39 is 10.0 Å². The third-order valence-corrected chi connectivity index (χ3v) is 5.10.